The van der Waals surface area contributed by atoms with Crippen molar-refractivity contribution in [2.24, 2.45) is 0 Å². The Labute approximate surface area is 166 Å². The zero-order chi connectivity index (χ0) is 20.5. The molecule has 0 saturated carbocycles. The van der Waals surface area contributed by atoms with Gasteiger partial charge in [0.1, 0.15) is 11.5 Å². The molecular weight excluding hydrogens is 350 g/mol. The van der Waals surface area contributed by atoms with E-state index in [2.05, 4.69) is 49.4 Å². The maximum Gasteiger partial charge on any atom is 0.275 e. The van der Waals surface area contributed by atoms with Crippen molar-refractivity contribution in [2.75, 3.05) is 17.7 Å². The lowest BCUT2D eigenvalue weighted by Gasteiger charge is -2.14. The number of amides is 1. The lowest BCUT2D eigenvalue weighted by Crippen LogP contribution is -2.17. The monoisotopic (exact) mass is 377 g/mol. The summed E-state index contributed by atoms with van der Waals surface area (Å²) in [5.41, 5.74) is 5.18. The Balaban J connectivity index is 2.01. The Hall–Kier alpha value is -3.15. The third-order valence-corrected chi connectivity index (χ3v) is 4.58. The summed E-state index contributed by atoms with van der Waals surface area (Å²) >= 11 is 0. The average Bonchev–Trinajstić information content (AvgIpc) is 3.05. The molecule has 0 fully saturated rings. The molecule has 146 valence electrons. The lowest BCUT2D eigenvalue weighted by molar-refractivity contribution is 0.102. The highest BCUT2D eigenvalue weighted by Gasteiger charge is 2.22. The second-order valence-corrected chi connectivity index (χ2v) is 8.00. The van der Waals surface area contributed by atoms with Crippen LogP contribution in [0.5, 0.6) is 0 Å². The molecule has 6 heteroatoms. The number of anilines is 2. The molecule has 0 saturated heterocycles. The molecule has 6 nitrogen and oxygen atoms in total. The van der Waals surface area contributed by atoms with Gasteiger partial charge < -0.3 is 10.6 Å². The maximum absolute atomic E-state index is 12.8. The van der Waals surface area contributed by atoms with Crippen LogP contribution in [-0.2, 0) is 5.41 Å². The molecule has 1 amide bonds. The molecule has 0 aliphatic rings. The van der Waals surface area contributed by atoms with E-state index in [0.29, 0.717) is 11.5 Å². The van der Waals surface area contributed by atoms with Gasteiger partial charge in [0, 0.05) is 18.5 Å². The second-order valence-electron chi connectivity index (χ2n) is 8.00. The van der Waals surface area contributed by atoms with Gasteiger partial charge in [0.05, 0.1) is 23.3 Å². The SMILES string of the molecule is CNc1ccc(C(=O)Nc2cc(C(C)(C)C)nn2-c2ccc(C)cc2C)nc1. The third kappa shape index (κ3) is 4.06. The largest absolute Gasteiger partial charge is 0.387 e. The Morgan fingerprint density at radius 3 is 2.39 bits per heavy atom. The van der Waals surface area contributed by atoms with Crippen molar-refractivity contribution in [3.05, 3.63) is 65.1 Å². The van der Waals surface area contributed by atoms with E-state index in [1.165, 1.54) is 5.56 Å². The first-order valence-electron chi connectivity index (χ1n) is 9.32. The zero-order valence-corrected chi connectivity index (χ0v) is 17.3. The molecule has 3 aromatic rings. The van der Waals surface area contributed by atoms with Crippen LogP contribution in [0.25, 0.3) is 5.69 Å². The molecule has 0 spiro atoms. The lowest BCUT2D eigenvalue weighted by atomic mass is 9.92. The number of nitrogens with one attached hydrogen (secondary N) is 2. The second kappa shape index (κ2) is 7.46. The first-order chi connectivity index (χ1) is 13.2. The van der Waals surface area contributed by atoms with Crippen molar-refractivity contribution in [2.45, 2.75) is 40.0 Å². The van der Waals surface area contributed by atoms with Gasteiger partial charge in [-0.1, -0.05) is 38.5 Å². The smallest absolute Gasteiger partial charge is 0.275 e. The van der Waals surface area contributed by atoms with E-state index in [0.717, 1.165) is 22.6 Å². The van der Waals surface area contributed by atoms with Gasteiger partial charge in [-0.05, 0) is 37.6 Å². The van der Waals surface area contributed by atoms with Crippen LogP contribution < -0.4 is 10.6 Å². The van der Waals surface area contributed by atoms with Gasteiger partial charge in [-0.25, -0.2) is 9.67 Å². The average molecular weight is 377 g/mol. The van der Waals surface area contributed by atoms with Crippen LogP contribution in [-0.4, -0.2) is 27.7 Å². The number of aryl methyl sites for hydroxylation is 2. The minimum absolute atomic E-state index is 0.143. The van der Waals surface area contributed by atoms with E-state index < -0.39 is 0 Å². The number of aromatic nitrogens is 3. The van der Waals surface area contributed by atoms with Crippen LogP contribution in [0, 0.1) is 13.8 Å². The summed E-state index contributed by atoms with van der Waals surface area (Å²) in [4.78, 5) is 17.0. The summed E-state index contributed by atoms with van der Waals surface area (Å²) in [6.45, 7) is 10.4. The van der Waals surface area contributed by atoms with Gasteiger partial charge in [0.25, 0.3) is 5.91 Å². The van der Waals surface area contributed by atoms with Crippen molar-refractivity contribution < 1.29 is 4.79 Å². The van der Waals surface area contributed by atoms with Crippen molar-refractivity contribution in [1.82, 2.24) is 14.8 Å². The molecule has 0 unspecified atom stereocenters. The molecular formula is C22H27N5O. The molecule has 0 bridgehead atoms. The van der Waals surface area contributed by atoms with Gasteiger partial charge in [0.2, 0.25) is 0 Å². The number of hydrogen-bond donors (Lipinski definition) is 2. The van der Waals surface area contributed by atoms with Crippen LogP contribution in [0.2, 0.25) is 0 Å². The van der Waals surface area contributed by atoms with Gasteiger partial charge >= 0.3 is 0 Å². The molecule has 2 heterocycles. The molecule has 2 aromatic heterocycles. The van der Waals surface area contributed by atoms with Crippen molar-refractivity contribution in [1.29, 1.82) is 0 Å². The van der Waals surface area contributed by atoms with E-state index in [1.807, 2.05) is 38.2 Å². The highest BCUT2D eigenvalue weighted by atomic mass is 16.2. The fourth-order valence-electron chi connectivity index (χ4n) is 2.92. The van der Waals surface area contributed by atoms with Gasteiger partial charge in [0.15, 0.2) is 0 Å². The summed E-state index contributed by atoms with van der Waals surface area (Å²) in [7, 11) is 1.81. The topological polar surface area (TPSA) is 71.8 Å². The first-order valence-corrected chi connectivity index (χ1v) is 9.32. The van der Waals surface area contributed by atoms with Gasteiger partial charge in [-0.15, -0.1) is 0 Å². The summed E-state index contributed by atoms with van der Waals surface area (Å²) in [6.07, 6.45) is 1.64. The van der Waals surface area contributed by atoms with E-state index in [1.54, 1.807) is 16.9 Å². The number of carbonyl (C=O) groups excluding carboxylic acids is 1. The number of carbonyl (C=O) groups is 1. The van der Waals surface area contributed by atoms with Crippen LogP contribution in [0.3, 0.4) is 0 Å². The molecule has 3 rings (SSSR count). The first kappa shape index (κ1) is 19.6. The minimum atomic E-state index is -0.269. The number of benzene rings is 1. The van der Waals surface area contributed by atoms with Gasteiger partial charge in [-0.2, -0.15) is 5.10 Å². The van der Waals surface area contributed by atoms with Crippen LogP contribution in [0.4, 0.5) is 11.5 Å². The number of nitrogens with zero attached hydrogens (tertiary/aromatic N) is 3. The van der Waals surface area contributed by atoms with Crippen LogP contribution >= 0.6 is 0 Å². The molecule has 1 aromatic carbocycles. The van der Waals surface area contributed by atoms with Crippen LogP contribution in [0.15, 0.2) is 42.6 Å². The number of rotatable bonds is 4. The minimum Gasteiger partial charge on any atom is -0.387 e. The van der Waals surface area contributed by atoms with Crippen molar-refractivity contribution in [3.63, 3.8) is 0 Å². The summed E-state index contributed by atoms with van der Waals surface area (Å²) in [6, 6.07) is 11.6. The number of pyridine rings is 1. The Kier molecular flexibility index (Phi) is 5.23. The van der Waals surface area contributed by atoms with E-state index in [-0.39, 0.29) is 11.3 Å². The van der Waals surface area contributed by atoms with E-state index in [4.69, 9.17) is 5.10 Å². The fourth-order valence-corrected chi connectivity index (χ4v) is 2.92. The normalized spacial score (nSPS) is 11.4. The molecule has 0 aliphatic heterocycles. The molecule has 0 radical (unpaired) electrons. The summed E-state index contributed by atoms with van der Waals surface area (Å²) < 4.78 is 1.80. The highest BCUT2D eigenvalue weighted by molar-refractivity contribution is 6.02. The quantitative estimate of drug-likeness (QED) is 0.703. The van der Waals surface area contributed by atoms with Crippen LogP contribution in [0.1, 0.15) is 48.1 Å². The Morgan fingerprint density at radius 1 is 1.07 bits per heavy atom. The predicted octanol–water partition coefficient (Wildman–Crippen LogP) is 4.48. The van der Waals surface area contributed by atoms with Crippen molar-refractivity contribution in [3.8, 4) is 5.69 Å². The fraction of sp³-hybridized carbons (Fsp3) is 0.318. The zero-order valence-electron chi connectivity index (χ0n) is 17.3. The summed E-state index contributed by atoms with van der Waals surface area (Å²) in [5, 5.41) is 10.8. The molecule has 28 heavy (non-hydrogen) atoms. The third-order valence-electron chi connectivity index (χ3n) is 4.58. The molecule has 0 aliphatic carbocycles. The van der Waals surface area contributed by atoms with E-state index >= 15 is 0 Å². The number of hydrogen-bond acceptors (Lipinski definition) is 4. The van der Waals surface area contributed by atoms with E-state index in [9.17, 15) is 4.79 Å². The highest BCUT2D eigenvalue weighted by Crippen LogP contribution is 2.28. The Morgan fingerprint density at radius 2 is 1.82 bits per heavy atom. The van der Waals surface area contributed by atoms with Gasteiger partial charge in [-0.3, -0.25) is 4.79 Å². The van der Waals surface area contributed by atoms with Crippen molar-refractivity contribution >= 4 is 17.4 Å². The summed E-state index contributed by atoms with van der Waals surface area (Å²) in [5.74, 6) is 0.357. The Bertz CT molecular complexity index is 997. The predicted molar refractivity (Wildman–Crippen MR) is 113 cm³/mol. The maximum atomic E-state index is 12.8. The molecule has 2 N–H and O–H groups in total. The standard InChI is InChI=1S/C22H27N5O/c1-14-7-10-18(15(2)11-14)27-20(12-19(26-27)22(3,4)5)25-21(28)17-9-8-16(23-6)13-24-17/h7-13,23H,1-6H3,(H,25,28). The molecule has 0 atom stereocenters.